The molecule has 2 N–H and O–H groups in total. The van der Waals surface area contributed by atoms with Gasteiger partial charge in [0.05, 0.1) is 35.9 Å². The number of amides is 2. The van der Waals surface area contributed by atoms with Crippen molar-refractivity contribution in [2.75, 3.05) is 25.5 Å². The highest BCUT2D eigenvalue weighted by molar-refractivity contribution is 6.33. The lowest BCUT2D eigenvalue weighted by molar-refractivity contribution is -0.142. The third-order valence-corrected chi connectivity index (χ3v) is 5.82. The first-order valence-corrected chi connectivity index (χ1v) is 11.0. The molecule has 1 fully saturated rings. The largest absolute Gasteiger partial charge is 0.481 e. The molecule has 0 unspecified atom stereocenters. The molecular formula is C21H21ClF3N7O3. The molecular weight excluding hydrogens is 491 g/mol. The lowest BCUT2D eigenvalue weighted by Gasteiger charge is -2.30. The molecule has 14 heteroatoms. The Labute approximate surface area is 202 Å². The van der Waals surface area contributed by atoms with Crippen LogP contribution in [0.4, 0.5) is 18.9 Å². The highest BCUT2D eigenvalue weighted by Gasteiger charge is 2.30. The molecule has 0 aliphatic carbocycles. The molecule has 1 aliphatic heterocycles. The van der Waals surface area contributed by atoms with E-state index in [9.17, 15) is 22.8 Å². The van der Waals surface area contributed by atoms with Crippen molar-refractivity contribution < 1.29 is 27.5 Å². The SMILES string of the molecule is COc1cc(-c2cc(C(=O)N3CCC(C(=O)Nc4cnn(CC(F)(F)F)c4)CC3)n[nH]2)c(Cl)cn1. The molecule has 35 heavy (non-hydrogen) atoms. The number of aromatic amines is 1. The lowest BCUT2D eigenvalue weighted by Crippen LogP contribution is -2.41. The highest BCUT2D eigenvalue weighted by atomic mass is 35.5. The van der Waals surface area contributed by atoms with Crippen LogP contribution in [0.3, 0.4) is 0 Å². The molecule has 0 bridgehead atoms. The minimum atomic E-state index is -4.40. The molecule has 1 saturated heterocycles. The van der Waals surface area contributed by atoms with Crippen LogP contribution >= 0.6 is 11.6 Å². The summed E-state index contributed by atoms with van der Waals surface area (Å²) in [5.41, 5.74) is 1.50. The Morgan fingerprint density at radius 1 is 1.26 bits per heavy atom. The Morgan fingerprint density at radius 3 is 2.69 bits per heavy atom. The van der Waals surface area contributed by atoms with Gasteiger partial charge in [-0.25, -0.2) is 4.98 Å². The lowest BCUT2D eigenvalue weighted by atomic mass is 9.95. The van der Waals surface area contributed by atoms with E-state index in [0.29, 0.717) is 52.8 Å². The van der Waals surface area contributed by atoms with Gasteiger partial charge in [-0.15, -0.1) is 0 Å². The fraction of sp³-hybridized carbons (Fsp3) is 0.381. The summed E-state index contributed by atoms with van der Waals surface area (Å²) in [6.45, 7) is -0.578. The first kappa shape index (κ1) is 24.5. The highest BCUT2D eigenvalue weighted by Crippen LogP contribution is 2.29. The summed E-state index contributed by atoms with van der Waals surface area (Å²) in [6.07, 6.45) is 0.137. The molecule has 0 aromatic carbocycles. The molecule has 186 valence electrons. The van der Waals surface area contributed by atoms with Crippen LogP contribution < -0.4 is 10.1 Å². The van der Waals surface area contributed by atoms with Crippen LogP contribution in [0.25, 0.3) is 11.3 Å². The predicted molar refractivity (Wildman–Crippen MR) is 119 cm³/mol. The van der Waals surface area contributed by atoms with Crippen LogP contribution in [0.1, 0.15) is 23.3 Å². The van der Waals surface area contributed by atoms with Crippen molar-refractivity contribution in [3.05, 3.63) is 41.4 Å². The number of methoxy groups -OCH3 is 1. The average molecular weight is 512 g/mol. The second kappa shape index (κ2) is 9.94. The third-order valence-electron chi connectivity index (χ3n) is 5.52. The van der Waals surface area contributed by atoms with E-state index in [2.05, 4.69) is 25.6 Å². The van der Waals surface area contributed by atoms with Gasteiger partial charge in [-0.2, -0.15) is 23.4 Å². The number of H-pyrrole nitrogens is 1. The number of hydrogen-bond acceptors (Lipinski definition) is 6. The van der Waals surface area contributed by atoms with E-state index in [1.54, 1.807) is 17.0 Å². The van der Waals surface area contributed by atoms with Gasteiger partial charge >= 0.3 is 6.18 Å². The fourth-order valence-corrected chi connectivity index (χ4v) is 3.96. The van der Waals surface area contributed by atoms with Gasteiger partial charge in [0.1, 0.15) is 6.54 Å². The Balaban J connectivity index is 1.33. The summed E-state index contributed by atoms with van der Waals surface area (Å²) in [6, 6.07) is 3.21. The van der Waals surface area contributed by atoms with Crippen molar-refractivity contribution in [1.82, 2.24) is 29.9 Å². The summed E-state index contributed by atoms with van der Waals surface area (Å²) in [5.74, 6) is -0.647. The minimum Gasteiger partial charge on any atom is -0.481 e. The monoisotopic (exact) mass is 511 g/mol. The zero-order chi connectivity index (χ0) is 25.2. The standard InChI is InChI=1S/C21H21ClF3N7O3/c1-35-18-6-14(15(22)9-26-18)16-7-17(30-29-16)20(34)31-4-2-12(3-5-31)19(33)28-13-8-27-32(10-13)11-21(23,24)25/h6-10,12H,2-5,11H2,1H3,(H,28,33)(H,29,30). The van der Waals surface area contributed by atoms with E-state index in [-0.39, 0.29) is 29.1 Å². The summed E-state index contributed by atoms with van der Waals surface area (Å²) in [5, 5.41) is 13.5. The van der Waals surface area contributed by atoms with E-state index >= 15 is 0 Å². The third kappa shape index (κ3) is 5.91. The van der Waals surface area contributed by atoms with E-state index in [1.807, 2.05) is 0 Å². The summed E-state index contributed by atoms with van der Waals surface area (Å²) in [7, 11) is 1.48. The van der Waals surface area contributed by atoms with Gasteiger partial charge in [-0.05, 0) is 18.9 Å². The van der Waals surface area contributed by atoms with Crippen LogP contribution in [0, 0.1) is 5.92 Å². The van der Waals surface area contributed by atoms with Crippen LogP contribution in [-0.2, 0) is 11.3 Å². The number of likely N-dealkylation sites (tertiary alicyclic amines) is 1. The molecule has 0 radical (unpaired) electrons. The zero-order valence-corrected chi connectivity index (χ0v) is 19.2. The van der Waals surface area contributed by atoms with Gasteiger partial charge in [-0.1, -0.05) is 11.6 Å². The van der Waals surface area contributed by atoms with E-state index in [4.69, 9.17) is 16.3 Å². The molecule has 0 spiro atoms. The van der Waals surface area contributed by atoms with Crippen LogP contribution in [0.5, 0.6) is 5.88 Å². The quantitative estimate of drug-likeness (QED) is 0.524. The average Bonchev–Trinajstić information content (AvgIpc) is 3.48. The van der Waals surface area contributed by atoms with Gasteiger partial charge in [0, 0.05) is 36.8 Å². The maximum Gasteiger partial charge on any atom is 0.408 e. The van der Waals surface area contributed by atoms with Crippen molar-refractivity contribution >= 4 is 29.1 Å². The molecule has 0 saturated carbocycles. The van der Waals surface area contributed by atoms with E-state index in [0.717, 1.165) is 6.20 Å². The van der Waals surface area contributed by atoms with E-state index in [1.165, 1.54) is 19.5 Å². The van der Waals surface area contributed by atoms with Crippen molar-refractivity contribution in [3.8, 4) is 17.1 Å². The van der Waals surface area contributed by atoms with Gasteiger partial charge in [-0.3, -0.25) is 19.4 Å². The molecule has 3 aromatic heterocycles. The number of carbonyl (C=O) groups is 2. The molecule has 0 atom stereocenters. The first-order valence-electron chi connectivity index (χ1n) is 10.6. The second-order valence-electron chi connectivity index (χ2n) is 7.97. The normalized spacial score (nSPS) is 14.7. The number of rotatable bonds is 6. The number of alkyl halides is 3. The molecule has 4 rings (SSSR count). The number of pyridine rings is 1. The van der Waals surface area contributed by atoms with Gasteiger partial charge < -0.3 is 15.0 Å². The second-order valence-corrected chi connectivity index (χ2v) is 8.38. The minimum absolute atomic E-state index is 0.188. The Hall–Kier alpha value is -3.61. The van der Waals surface area contributed by atoms with Crippen LogP contribution in [0.15, 0.2) is 30.7 Å². The first-order chi connectivity index (χ1) is 16.6. The summed E-state index contributed by atoms with van der Waals surface area (Å²) in [4.78, 5) is 31.1. The summed E-state index contributed by atoms with van der Waals surface area (Å²) >= 11 is 6.20. The molecule has 2 amide bonds. The van der Waals surface area contributed by atoms with Gasteiger partial charge in [0.2, 0.25) is 11.8 Å². The van der Waals surface area contributed by atoms with Crippen LogP contribution in [-0.4, -0.2) is 68.1 Å². The number of hydrogen-bond donors (Lipinski definition) is 2. The molecule has 10 nitrogen and oxygen atoms in total. The Morgan fingerprint density at radius 2 is 2.00 bits per heavy atom. The summed E-state index contributed by atoms with van der Waals surface area (Å²) < 4.78 is 43.2. The van der Waals surface area contributed by atoms with Crippen molar-refractivity contribution in [2.45, 2.75) is 25.6 Å². The van der Waals surface area contributed by atoms with Crippen LogP contribution in [0.2, 0.25) is 5.02 Å². The Kier molecular flexibility index (Phi) is 6.96. The molecule has 4 heterocycles. The van der Waals surface area contributed by atoms with Crippen molar-refractivity contribution in [3.63, 3.8) is 0 Å². The fourth-order valence-electron chi connectivity index (χ4n) is 3.76. The van der Waals surface area contributed by atoms with Crippen molar-refractivity contribution in [2.24, 2.45) is 5.92 Å². The number of piperidine rings is 1. The zero-order valence-electron chi connectivity index (χ0n) is 18.5. The van der Waals surface area contributed by atoms with Gasteiger partial charge in [0.25, 0.3) is 5.91 Å². The number of aromatic nitrogens is 5. The van der Waals surface area contributed by atoms with Gasteiger partial charge in [0.15, 0.2) is 5.69 Å². The van der Waals surface area contributed by atoms with Crippen molar-refractivity contribution in [1.29, 1.82) is 0 Å². The predicted octanol–water partition coefficient (Wildman–Crippen LogP) is 3.38. The number of halogens is 4. The number of carbonyl (C=O) groups excluding carboxylic acids is 2. The number of nitrogens with zero attached hydrogens (tertiary/aromatic N) is 5. The smallest absolute Gasteiger partial charge is 0.408 e. The topological polar surface area (TPSA) is 118 Å². The van der Waals surface area contributed by atoms with E-state index < -0.39 is 12.7 Å². The number of ether oxygens (including phenoxy) is 1. The Bertz CT molecular complexity index is 1220. The number of anilines is 1. The molecule has 3 aromatic rings. The number of nitrogens with one attached hydrogen (secondary N) is 2. The maximum absolute atomic E-state index is 12.9. The maximum atomic E-state index is 12.9. The molecule has 1 aliphatic rings.